The van der Waals surface area contributed by atoms with Crippen molar-refractivity contribution in [1.29, 1.82) is 0 Å². The molecule has 0 spiro atoms. The minimum Gasteiger partial charge on any atom is -0.449 e. The van der Waals surface area contributed by atoms with Crippen LogP contribution in [0.15, 0.2) is 18.6 Å². The second-order valence-corrected chi connectivity index (χ2v) is 4.53. The van der Waals surface area contributed by atoms with Crippen molar-refractivity contribution in [3.05, 3.63) is 29.8 Å². The van der Waals surface area contributed by atoms with Crippen molar-refractivity contribution in [2.45, 2.75) is 20.8 Å². The van der Waals surface area contributed by atoms with E-state index in [1.54, 1.807) is 44.2 Å². The van der Waals surface area contributed by atoms with Crippen molar-refractivity contribution in [1.82, 2.24) is 14.3 Å². The smallest absolute Gasteiger partial charge is 0.418 e. The summed E-state index contributed by atoms with van der Waals surface area (Å²) in [7, 11) is 1.80. The summed E-state index contributed by atoms with van der Waals surface area (Å²) in [4.78, 5) is 23.8. The Bertz CT molecular complexity index is 667. The molecule has 2 rings (SSSR count). The Morgan fingerprint density at radius 1 is 1.35 bits per heavy atom. The highest BCUT2D eigenvalue weighted by Crippen LogP contribution is 2.28. The van der Waals surface area contributed by atoms with Crippen LogP contribution in [0.3, 0.4) is 0 Å². The highest BCUT2D eigenvalue weighted by atomic mass is 16.5. The minimum absolute atomic E-state index is 0.0931. The fraction of sp³-hybridized carbons (Fsp3) is 0.357. The number of Topliss-reactive ketones (excluding diaryl/α,β-unsaturated/α-hetero) is 1. The van der Waals surface area contributed by atoms with Gasteiger partial charge in [-0.15, -0.1) is 0 Å². The molecule has 2 heterocycles. The molecule has 6 nitrogen and oxygen atoms in total. The first-order valence-electron chi connectivity index (χ1n) is 6.34. The topological polar surface area (TPSA) is 66.1 Å². The Morgan fingerprint density at radius 2 is 2.05 bits per heavy atom. The Labute approximate surface area is 117 Å². The van der Waals surface area contributed by atoms with Crippen molar-refractivity contribution in [3.8, 4) is 11.1 Å². The molecule has 6 heteroatoms. The summed E-state index contributed by atoms with van der Waals surface area (Å²) in [5, 5.41) is 4.09. The number of nitrogens with zero attached hydrogens (tertiary/aromatic N) is 3. The van der Waals surface area contributed by atoms with E-state index in [2.05, 4.69) is 5.10 Å². The average Bonchev–Trinajstić information content (AvgIpc) is 2.93. The number of aromatic nitrogens is 3. The maximum atomic E-state index is 11.9. The molecule has 0 aliphatic carbocycles. The van der Waals surface area contributed by atoms with Crippen LogP contribution < -0.4 is 0 Å². The molecule has 0 amide bonds. The van der Waals surface area contributed by atoms with Gasteiger partial charge in [0.15, 0.2) is 5.78 Å². The Kier molecular flexibility index (Phi) is 3.74. The van der Waals surface area contributed by atoms with E-state index in [1.165, 1.54) is 11.5 Å². The number of ketones is 1. The summed E-state index contributed by atoms with van der Waals surface area (Å²) in [6, 6.07) is 0. The zero-order chi connectivity index (χ0) is 14.9. The largest absolute Gasteiger partial charge is 0.449 e. The minimum atomic E-state index is -0.484. The van der Waals surface area contributed by atoms with Gasteiger partial charge >= 0.3 is 6.09 Å². The van der Waals surface area contributed by atoms with Gasteiger partial charge < -0.3 is 4.74 Å². The third-order valence-electron chi connectivity index (χ3n) is 3.08. The molecule has 0 unspecified atom stereocenters. The Hall–Kier alpha value is -2.37. The van der Waals surface area contributed by atoms with Crippen molar-refractivity contribution in [2.24, 2.45) is 7.05 Å². The molecule has 0 aliphatic heterocycles. The van der Waals surface area contributed by atoms with Crippen LogP contribution in [-0.2, 0) is 11.8 Å². The molecule has 2 aromatic rings. The maximum absolute atomic E-state index is 11.9. The number of hydrogen-bond acceptors (Lipinski definition) is 4. The number of aryl methyl sites for hydroxylation is 1. The summed E-state index contributed by atoms with van der Waals surface area (Å²) in [5.74, 6) is -0.0931. The fourth-order valence-electron chi connectivity index (χ4n) is 2.21. The van der Waals surface area contributed by atoms with Crippen LogP contribution in [0.4, 0.5) is 4.79 Å². The van der Waals surface area contributed by atoms with Crippen molar-refractivity contribution >= 4 is 11.9 Å². The fourth-order valence-corrected chi connectivity index (χ4v) is 2.21. The second kappa shape index (κ2) is 5.32. The van der Waals surface area contributed by atoms with Crippen LogP contribution in [0.2, 0.25) is 0 Å². The standard InChI is InChI=1S/C14H17N3O3/c1-5-20-14(19)17-8-12(11-6-15-16(4)7-11)13(9(17)2)10(3)18/h6-8H,5H2,1-4H3. The predicted molar refractivity (Wildman–Crippen MR) is 73.8 cm³/mol. The van der Waals surface area contributed by atoms with E-state index in [4.69, 9.17) is 4.74 Å². The van der Waals surface area contributed by atoms with Crippen LogP contribution in [0.1, 0.15) is 29.9 Å². The van der Waals surface area contributed by atoms with Gasteiger partial charge in [-0.3, -0.25) is 14.0 Å². The summed E-state index contributed by atoms with van der Waals surface area (Å²) in [5.41, 5.74) is 2.58. The van der Waals surface area contributed by atoms with E-state index in [0.29, 0.717) is 16.8 Å². The summed E-state index contributed by atoms with van der Waals surface area (Å²) < 4.78 is 8.00. The average molecular weight is 275 g/mol. The van der Waals surface area contributed by atoms with Gasteiger partial charge in [0.2, 0.25) is 0 Å². The lowest BCUT2D eigenvalue weighted by molar-refractivity contribution is 0.101. The molecule has 0 aromatic carbocycles. The lowest BCUT2D eigenvalue weighted by Gasteiger charge is -2.04. The SMILES string of the molecule is CCOC(=O)n1cc(-c2cnn(C)c2)c(C(C)=O)c1C. The number of ether oxygens (including phenoxy) is 1. The normalized spacial score (nSPS) is 10.6. The van der Waals surface area contributed by atoms with Crippen LogP contribution in [0, 0.1) is 6.92 Å². The van der Waals surface area contributed by atoms with Crippen LogP contribution >= 0.6 is 0 Å². The van der Waals surface area contributed by atoms with Gasteiger partial charge in [0.05, 0.1) is 12.8 Å². The molecular weight excluding hydrogens is 258 g/mol. The zero-order valence-corrected chi connectivity index (χ0v) is 12.0. The maximum Gasteiger partial charge on any atom is 0.418 e. The van der Waals surface area contributed by atoms with E-state index in [-0.39, 0.29) is 12.4 Å². The number of rotatable bonds is 3. The highest BCUT2D eigenvalue weighted by Gasteiger charge is 2.21. The van der Waals surface area contributed by atoms with E-state index in [9.17, 15) is 9.59 Å². The second-order valence-electron chi connectivity index (χ2n) is 4.53. The number of carbonyl (C=O) groups excluding carboxylic acids is 2. The molecular formula is C14H17N3O3. The van der Waals surface area contributed by atoms with E-state index in [1.807, 2.05) is 0 Å². The summed E-state index contributed by atoms with van der Waals surface area (Å²) in [6.45, 7) is 5.24. The Morgan fingerprint density at radius 3 is 2.55 bits per heavy atom. The number of carbonyl (C=O) groups is 2. The summed E-state index contributed by atoms with van der Waals surface area (Å²) >= 11 is 0. The van der Waals surface area contributed by atoms with Gasteiger partial charge in [0, 0.05) is 41.8 Å². The van der Waals surface area contributed by atoms with Crippen LogP contribution in [0.5, 0.6) is 0 Å². The first-order chi connectivity index (χ1) is 9.45. The van der Waals surface area contributed by atoms with Crippen LogP contribution in [-0.4, -0.2) is 32.8 Å². The first kappa shape index (κ1) is 14.0. The van der Waals surface area contributed by atoms with E-state index in [0.717, 1.165) is 5.56 Å². The van der Waals surface area contributed by atoms with E-state index < -0.39 is 6.09 Å². The van der Waals surface area contributed by atoms with Crippen molar-refractivity contribution in [3.63, 3.8) is 0 Å². The molecule has 0 atom stereocenters. The lowest BCUT2D eigenvalue weighted by atomic mass is 10.0. The van der Waals surface area contributed by atoms with Gasteiger partial charge in [0.1, 0.15) is 0 Å². The van der Waals surface area contributed by atoms with Gasteiger partial charge in [-0.1, -0.05) is 0 Å². The molecule has 0 N–H and O–H groups in total. The third-order valence-corrected chi connectivity index (χ3v) is 3.08. The molecule has 0 fully saturated rings. The first-order valence-corrected chi connectivity index (χ1v) is 6.34. The molecule has 0 saturated carbocycles. The van der Waals surface area contributed by atoms with Gasteiger partial charge in [-0.2, -0.15) is 5.10 Å². The van der Waals surface area contributed by atoms with Gasteiger partial charge in [-0.25, -0.2) is 4.79 Å². The molecule has 2 aromatic heterocycles. The predicted octanol–water partition coefficient (Wildman–Crippen LogP) is 2.40. The molecule has 0 bridgehead atoms. The number of hydrogen-bond donors (Lipinski definition) is 0. The molecule has 106 valence electrons. The molecule has 0 aliphatic rings. The van der Waals surface area contributed by atoms with Crippen molar-refractivity contribution in [2.75, 3.05) is 6.61 Å². The molecule has 0 radical (unpaired) electrons. The Balaban J connectivity index is 2.59. The van der Waals surface area contributed by atoms with Crippen LogP contribution in [0.25, 0.3) is 11.1 Å². The van der Waals surface area contributed by atoms with Crippen molar-refractivity contribution < 1.29 is 14.3 Å². The van der Waals surface area contributed by atoms with Gasteiger partial charge in [-0.05, 0) is 20.8 Å². The van der Waals surface area contributed by atoms with E-state index >= 15 is 0 Å². The van der Waals surface area contributed by atoms with Gasteiger partial charge in [0.25, 0.3) is 0 Å². The molecule has 0 saturated heterocycles. The quantitative estimate of drug-likeness (QED) is 0.807. The third kappa shape index (κ3) is 2.36. The lowest BCUT2D eigenvalue weighted by Crippen LogP contribution is -2.14. The highest BCUT2D eigenvalue weighted by molar-refractivity contribution is 6.03. The monoisotopic (exact) mass is 275 g/mol. The summed E-state index contributed by atoms with van der Waals surface area (Å²) in [6.07, 6.45) is 4.61. The zero-order valence-electron chi connectivity index (χ0n) is 12.0. The molecule has 20 heavy (non-hydrogen) atoms.